The molecule has 0 N–H and O–H groups in total. The quantitative estimate of drug-likeness (QED) is 0.795. The summed E-state index contributed by atoms with van der Waals surface area (Å²) >= 11 is 0. The van der Waals surface area contributed by atoms with Crippen LogP contribution in [-0.4, -0.2) is 9.97 Å². The van der Waals surface area contributed by atoms with E-state index < -0.39 is 0 Å². The summed E-state index contributed by atoms with van der Waals surface area (Å²) in [6, 6.07) is 8.50. The van der Waals surface area contributed by atoms with Crippen LogP contribution in [0, 0.1) is 0 Å². The second kappa shape index (κ2) is 5.30. The van der Waals surface area contributed by atoms with E-state index in [1.807, 2.05) is 12.4 Å². The summed E-state index contributed by atoms with van der Waals surface area (Å²) in [5.74, 6) is 1.83. The fraction of sp³-hybridized carbons (Fsp3) is 0.375. The van der Waals surface area contributed by atoms with Crippen molar-refractivity contribution in [1.29, 1.82) is 0 Å². The van der Waals surface area contributed by atoms with Crippen LogP contribution in [0.3, 0.4) is 0 Å². The highest BCUT2D eigenvalue weighted by molar-refractivity contribution is 5.55. The summed E-state index contributed by atoms with van der Waals surface area (Å²) in [4.78, 5) is 8.87. The number of aromatic nitrogens is 2. The first kappa shape index (κ1) is 12.7. The molecule has 0 unspecified atom stereocenters. The first-order chi connectivity index (χ1) is 8.58. The van der Waals surface area contributed by atoms with E-state index in [-0.39, 0.29) is 0 Å². The second-order valence-corrected chi connectivity index (χ2v) is 5.27. The number of hydrogen-bond donors (Lipinski definition) is 0. The summed E-state index contributed by atoms with van der Waals surface area (Å²) in [7, 11) is 0. The average molecular weight is 240 g/mol. The summed E-state index contributed by atoms with van der Waals surface area (Å²) in [5, 5.41) is 0. The van der Waals surface area contributed by atoms with Crippen LogP contribution in [-0.2, 0) is 0 Å². The molecule has 0 aliphatic heterocycles. The van der Waals surface area contributed by atoms with Crippen molar-refractivity contribution >= 4 is 0 Å². The lowest BCUT2D eigenvalue weighted by Gasteiger charge is -2.07. The molecule has 0 radical (unpaired) electrons. The lowest BCUT2D eigenvalue weighted by Crippen LogP contribution is -1.94. The van der Waals surface area contributed by atoms with Crippen LogP contribution in [0.25, 0.3) is 11.4 Å². The molecule has 94 valence electrons. The maximum atomic E-state index is 4.43. The summed E-state index contributed by atoms with van der Waals surface area (Å²) in [5.41, 5.74) is 3.60. The van der Waals surface area contributed by atoms with Gasteiger partial charge in [-0.25, -0.2) is 9.97 Å². The van der Waals surface area contributed by atoms with E-state index in [0.717, 1.165) is 11.4 Å². The molecule has 0 amide bonds. The number of rotatable bonds is 3. The molecule has 2 rings (SSSR count). The van der Waals surface area contributed by atoms with Gasteiger partial charge in [-0.05, 0) is 23.0 Å². The number of hydrogen-bond acceptors (Lipinski definition) is 2. The van der Waals surface area contributed by atoms with Crippen molar-refractivity contribution in [3.63, 3.8) is 0 Å². The largest absolute Gasteiger partial charge is 0.236 e. The number of benzene rings is 1. The maximum absolute atomic E-state index is 4.43. The van der Waals surface area contributed by atoms with Gasteiger partial charge in [0.15, 0.2) is 5.82 Å². The topological polar surface area (TPSA) is 25.8 Å². The van der Waals surface area contributed by atoms with Gasteiger partial charge in [-0.1, -0.05) is 52.0 Å². The minimum absolute atomic E-state index is 0.474. The van der Waals surface area contributed by atoms with Crippen LogP contribution >= 0.6 is 0 Å². The van der Waals surface area contributed by atoms with Gasteiger partial charge in [0.25, 0.3) is 0 Å². The van der Waals surface area contributed by atoms with E-state index in [0.29, 0.717) is 11.8 Å². The van der Waals surface area contributed by atoms with Gasteiger partial charge in [0.1, 0.15) is 0 Å². The Labute approximate surface area is 109 Å². The van der Waals surface area contributed by atoms with Crippen LogP contribution in [0.2, 0.25) is 0 Å². The molecule has 0 saturated heterocycles. The molecule has 0 aliphatic rings. The Morgan fingerprint density at radius 1 is 0.722 bits per heavy atom. The van der Waals surface area contributed by atoms with Gasteiger partial charge in [0.2, 0.25) is 0 Å². The van der Waals surface area contributed by atoms with Crippen LogP contribution in [0.4, 0.5) is 0 Å². The van der Waals surface area contributed by atoms with Crippen LogP contribution in [0.1, 0.15) is 50.7 Å². The maximum Gasteiger partial charge on any atom is 0.159 e. The van der Waals surface area contributed by atoms with Gasteiger partial charge in [0, 0.05) is 18.0 Å². The first-order valence-corrected chi connectivity index (χ1v) is 6.50. The summed E-state index contributed by atoms with van der Waals surface area (Å²) in [6.45, 7) is 8.69. The lowest BCUT2D eigenvalue weighted by atomic mass is 10.0. The molecule has 0 spiro atoms. The van der Waals surface area contributed by atoms with Crippen molar-refractivity contribution < 1.29 is 0 Å². The first-order valence-electron chi connectivity index (χ1n) is 6.50. The average Bonchev–Trinajstić information content (AvgIpc) is 2.39. The van der Waals surface area contributed by atoms with Crippen molar-refractivity contribution in [2.75, 3.05) is 0 Å². The molecular formula is C16H20N2. The van der Waals surface area contributed by atoms with Crippen molar-refractivity contribution in [3.8, 4) is 11.4 Å². The lowest BCUT2D eigenvalue weighted by molar-refractivity contribution is 0.847. The number of nitrogens with zero attached hydrogens (tertiary/aromatic N) is 2. The molecule has 0 atom stereocenters. The Hall–Kier alpha value is -1.70. The van der Waals surface area contributed by atoms with E-state index >= 15 is 0 Å². The zero-order valence-corrected chi connectivity index (χ0v) is 11.5. The summed E-state index contributed by atoms with van der Waals surface area (Å²) in [6.07, 6.45) is 3.84. The standard InChI is InChI=1S/C16H20N2/c1-11(2)13-5-7-14(8-6-13)16-17-9-15(10-18-16)12(3)4/h5-12H,1-4H3. The highest BCUT2D eigenvalue weighted by atomic mass is 14.9. The molecule has 1 aromatic carbocycles. The monoisotopic (exact) mass is 240 g/mol. The summed E-state index contributed by atoms with van der Waals surface area (Å²) < 4.78 is 0. The van der Waals surface area contributed by atoms with E-state index in [9.17, 15) is 0 Å². The molecule has 0 aliphatic carbocycles. The van der Waals surface area contributed by atoms with E-state index in [2.05, 4.69) is 61.9 Å². The van der Waals surface area contributed by atoms with Gasteiger partial charge in [-0.3, -0.25) is 0 Å². The second-order valence-electron chi connectivity index (χ2n) is 5.27. The third-order valence-corrected chi connectivity index (χ3v) is 3.17. The molecule has 2 aromatic rings. The smallest absolute Gasteiger partial charge is 0.159 e. The SMILES string of the molecule is CC(C)c1ccc(-c2ncc(C(C)C)cn2)cc1. The molecule has 2 heteroatoms. The minimum Gasteiger partial charge on any atom is -0.236 e. The van der Waals surface area contributed by atoms with Crippen molar-refractivity contribution in [2.24, 2.45) is 0 Å². The molecule has 18 heavy (non-hydrogen) atoms. The van der Waals surface area contributed by atoms with Crippen LogP contribution in [0.5, 0.6) is 0 Å². The van der Waals surface area contributed by atoms with E-state index in [1.165, 1.54) is 11.1 Å². The molecule has 0 fully saturated rings. The zero-order chi connectivity index (χ0) is 13.1. The Morgan fingerprint density at radius 3 is 1.67 bits per heavy atom. The molecule has 1 aromatic heterocycles. The Kier molecular flexibility index (Phi) is 3.75. The van der Waals surface area contributed by atoms with Crippen LogP contribution < -0.4 is 0 Å². The third kappa shape index (κ3) is 2.76. The third-order valence-electron chi connectivity index (χ3n) is 3.17. The molecule has 0 saturated carbocycles. The van der Waals surface area contributed by atoms with Gasteiger partial charge in [0.05, 0.1) is 0 Å². The Balaban J connectivity index is 2.25. The minimum atomic E-state index is 0.474. The predicted molar refractivity (Wildman–Crippen MR) is 75.6 cm³/mol. The van der Waals surface area contributed by atoms with Crippen LogP contribution in [0.15, 0.2) is 36.7 Å². The fourth-order valence-electron chi connectivity index (χ4n) is 1.80. The van der Waals surface area contributed by atoms with E-state index in [1.54, 1.807) is 0 Å². The van der Waals surface area contributed by atoms with Crippen molar-refractivity contribution in [3.05, 3.63) is 47.8 Å². The highest BCUT2D eigenvalue weighted by Crippen LogP contribution is 2.20. The molecule has 2 nitrogen and oxygen atoms in total. The Bertz CT molecular complexity index is 446. The van der Waals surface area contributed by atoms with Gasteiger partial charge < -0.3 is 0 Å². The van der Waals surface area contributed by atoms with Gasteiger partial charge in [-0.2, -0.15) is 0 Å². The zero-order valence-electron chi connectivity index (χ0n) is 11.5. The molecule has 1 heterocycles. The van der Waals surface area contributed by atoms with E-state index in [4.69, 9.17) is 0 Å². The fourth-order valence-corrected chi connectivity index (χ4v) is 1.80. The molecule has 0 bridgehead atoms. The Morgan fingerprint density at radius 2 is 1.22 bits per heavy atom. The molecular weight excluding hydrogens is 220 g/mol. The predicted octanol–water partition coefficient (Wildman–Crippen LogP) is 4.39. The van der Waals surface area contributed by atoms with Crippen molar-refractivity contribution in [1.82, 2.24) is 9.97 Å². The highest BCUT2D eigenvalue weighted by Gasteiger charge is 2.05. The van der Waals surface area contributed by atoms with Gasteiger partial charge in [-0.15, -0.1) is 0 Å². The van der Waals surface area contributed by atoms with Gasteiger partial charge >= 0.3 is 0 Å². The van der Waals surface area contributed by atoms with Crippen molar-refractivity contribution in [2.45, 2.75) is 39.5 Å². The normalized spacial score (nSPS) is 11.2.